The Hall–Kier alpha value is -2.57. The highest BCUT2D eigenvalue weighted by atomic mass is 16.4. The number of nitrogens with two attached hydrogens (primary N) is 1. The van der Waals surface area contributed by atoms with Crippen molar-refractivity contribution in [1.82, 2.24) is 9.88 Å². The summed E-state index contributed by atoms with van der Waals surface area (Å²) in [5.74, 6) is 0.211. The zero-order chi connectivity index (χ0) is 18.4. The molecule has 1 saturated carbocycles. The molecule has 2 aromatic rings. The number of para-hydroxylation sites is 2. The van der Waals surface area contributed by atoms with Crippen LogP contribution < -0.4 is 11.1 Å². The van der Waals surface area contributed by atoms with Crippen LogP contribution in [0.4, 0.5) is 10.8 Å². The number of carbonyl (C=O) groups excluding carboxylic acids is 2. The minimum absolute atomic E-state index is 0.161. The van der Waals surface area contributed by atoms with E-state index in [0.717, 1.165) is 23.3 Å². The molecule has 1 aliphatic rings. The second-order valence-corrected chi connectivity index (χ2v) is 6.69. The Morgan fingerprint density at radius 2 is 2.04 bits per heavy atom. The minimum atomic E-state index is -0.741. The molecule has 0 saturated heterocycles. The molecule has 0 aliphatic heterocycles. The number of fused-ring (bicyclic) bond motifs is 1. The number of amides is 3. The standard InChI is InChI=1S/C19H25N4O3/c20-18(25)23(17(24)11-10-14-6-2-1-3-7-14)13-12-21-19-22-15-8-4-5-9-16(15)26-19/h4-5,8-9,11,14H,1-3,6-7,10,12-13H2,(H2,20,25)(H,21,22). The zero-order valence-electron chi connectivity index (χ0n) is 14.8. The van der Waals surface area contributed by atoms with Crippen LogP contribution in [0.1, 0.15) is 38.5 Å². The molecule has 1 aromatic carbocycles. The van der Waals surface area contributed by atoms with Crippen molar-refractivity contribution in [3.63, 3.8) is 0 Å². The third kappa shape index (κ3) is 4.74. The molecule has 3 rings (SSSR count). The second kappa shape index (κ2) is 8.69. The average molecular weight is 357 g/mol. The Kier molecular flexibility index (Phi) is 6.09. The van der Waals surface area contributed by atoms with Gasteiger partial charge in [0.05, 0.1) is 6.42 Å². The molecule has 139 valence electrons. The number of imide groups is 1. The first-order valence-electron chi connectivity index (χ1n) is 9.17. The van der Waals surface area contributed by atoms with Crippen molar-refractivity contribution >= 4 is 29.1 Å². The molecule has 3 amide bonds. The van der Waals surface area contributed by atoms with Crippen molar-refractivity contribution in [3.8, 4) is 0 Å². The topological polar surface area (TPSA) is 101 Å². The van der Waals surface area contributed by atoms with Crippen LogP contribution in [-0.2, 0) is 4.79 Å². The Labute approximate surface area is 152 Å². The molecule has 7 heteroatoms. The number of anilines is 1. The first-order valence-corrected chi connectivity index (χ1v) is 9.17. The number of urea groups is 1. The van der Waals surface area contributed by atoms with Gasteiger partial charge in [0.2, 0.25) is 5.91 Å². The lowest BCUT2D eigenvalue weighted by molar-refractivity contribution is -0.124. The van der Waals surface area contributed by atoms with E-state index in [1.54, 1.807) is 6.42 Å². The van der Waals surface area contributed by atoms with E-state index in [1.165, 1.54) is 19.3 Å². The van der Waals surface area contributed by atoms with Crippen molar-refractivity contribution < 1.29 is 14.0 Å². The van der Waals surface area contributed by atoms with Crippen molar-refractivity contribution in [2.45, 2.75) is 38.5 Å². The first kappa shape index (κ1) is 18.2. The van der Waals surface area contributed by atoms with Gasteiger partial charge in [-0.2, -0.15) is 4.98 Å². The number of carbonyl (C=O) groups is 2. The highest BCUT2D eigenvalue weighted by Crippen LogP contribution is 2.27. The van der Waals surface area contributed by atoms with Gasteiger partial charge in [-0.3, -0.25) is 9.69 Å². The molecular formula is C19H25N4O3. The molecule has 26 heavy (non-hydrogen) atoms. The molecule has 3 N–H and O–H groups in total. The van der Waals surface area contributed by atoms with Gasteiger partial charge in [-0.15, -0.1) is 0 Å². The fourth-order valence-corrected chi connectivity index (χ4v) is 3.35. The molecule has 1 radical (unpaired) electrons. The average Bonchev–Trinajstić information content (AvgIpc) is 3.06. The predicted molar refractivity (Wildman–Crippen MR) is 99.3 cm³/mol. The fraction of sp³-hybridized carbons (Fsp3) is 0.474. The Bertz CT molecular complexity index is 719. The van der Waals surface area contributed by atoms with E-state index in [4.69, 9.17) is 10.2 Å². The summed E-state index contributed by atoms with van der Waals surface area (Å²) >= 11 is 0. The number of benzene rings is 1. The smallest absolute Gasteiger partial charge is 0.321 e. The summed E-state index contributed by atoms with van der Waals surface area (Å²) < 4.78 is 5.55. The number of aromatic nitrogens is 1. The maximum atomic E-state index is 12.3. The number of oxazole rings is 1. The molecule has 7 nitrogen and oxygen atoms in total. The predicted octanol–water partition coefficient (Wildman–Crippen LogP) is 3.32. The van der Waals surface area contributed by atoms with Crippen LogP contribution in [0.15, 0.2) is 28.7 Å². The maximum absolute atomic E-state index is 12.3. The minimum Gasteiger partial charge on any atom is -0.424 e. The van der Waals surface area contributed by atoms with Gasteiger partial charge in [0.15, 0.2) is 5.58 Å². The monoisotopic (exact) mass is 357 g/mol. The van der Waals surface area contributed by atoms with Crippen molar-refractivity contribution in [2.24, 2.45) is 11.7 Å². The number of nitrogens with one attached hydrogen (secondary N) is 1. The summed E-state index contributed by atoms with van der Waals surface area (Å²) in [6.07, 6.45) is 8.33. The van der Waals surface area contributed by atoms with Gasteiger partial charge < -0.3 is 15.5 Å². The van der Waals surface area contributed by atoms with Gasteiger partial charge in [-0.05, 0) is 24.5 Å². The van der Waals surface area contributed by atoms with Gasteiger partial charge in [-0.25, -0.2) is 4.79 Å². The Morgan fingerprint density at radius 1 is 1.27 bits per heavy atom. The molecular weight excluding hydrogens is 332 g/mol. The first-order chi connectivity index (χ1) is 12.6. The third-order valence-electron chi connectivity index (χ3n) is 4.79. The molecule has 1 heterocycles. The van der Waals surface area contributed by atoms with Crippen LogP contribution in [0.25, 0.3) is 11.1 Å². The SMILES string of the molecule is NC(=O)N(CCNc1nc2ccccc2o1)C(=O)[CH]CC1CCCCC1. The summed E-state index contributed by atoms with van der Waals surface area (Å²) in [7, 11) is 0. The molecule has 0 atom stereocenters. The molecule has 1 aromatic heterocycles. The van der Waals surface area contributed by atoms with Crippen molar-refractivity contribution in [1.29, 1.82) is 0 Å². The zero-order valence-corrected chi connectivity index (χ0v) is 14.8. The lowest BCUT2D eigenvalue weighted by Crippen LogP contribution is -2.43. The van der Waals surface area contributed by atoms with Crippen molar-refractivity contribution in [3.05, 3.63) is 30.7 Å². The van der Waals surface area contributed by atoms with Gasteiger partial charge in [0.1, 0.15) is 5.52 Å². The van der Waals surface area contributed by atoms with Crippen LogP contribution in [-0.4, -0.2) is 34.9 Å². The molecule has 0 unspecified atom stereocenters. The number of primary amides is 1. The lowest BCUT2D eigenvalue weighted by Gasteiger charge is -2.23. The molecule has 1 aliphatic carbocycles. The van der Waals surface area contributed by atoms with E-state index >= 15 is 0 Å². The van der Waals surface area contributed by atoms with Crippen LogP contribution in [0.5, 0.6) is 0 Å². The highest BCUT2D eigenvalue weighted by Gasteiger charge is 2.21. The van der Waals surface area contributed by atoms with Gasteiger partial charge in [0.25, 0.3) is 6.01 Å². The summed E-state index contributed by atoms with van der Waals surface area (Å²) in [5.41, 5.74) is 6.79. The quantitative estimate of drug-likeness (QED) is 0.791. The Morgan fingerprint density at radius 3 is 2.77 bits per heavy atom. The Balaban J connectivity index is 1.47. The number of hydrogen-bond acceptors (Lipinski definition) is 5. The van der Waals surface area contributed by atoms with Crippen LogP contribution in [0.3, 0.4) is 0 Å². The fourth-order valence-electron chi connectivity index (χ4n) is 3.35. The molecule has 1 fully saturated rings. The lowest BCUT2D eigenvalue weighted by atomic mass is 9.86. The van der Waals surface area contributed by atoms with E-state index in [9.17, 15) is 9.59 Å². The van der Waals surface area contributed by atoms with E-state index in [1.807, 2.05) is 24.3 Å². The summed E-state index contributed by atoms with van der Waals surface area (Å²) in [4.78, 5) is 29.3. The van der Waals surface area contributed by atoms with E-state index in [0.29, 0.717) is 30.5 Å². The number of hydrogen-bond donors (Lipinski definition) is 2. The summed E-state index contributed by atoms with van der Waals surface area (Å²) in [5, 5.41) is 2.99. The third-order valence-corrected chi connectivity index (χ3v) is 4.79. The van der Waals surface area contributed by atoms with Gasteiger partial charge in [-0.1, -0.05) is 44.2 Å². The largest absolute Gasteiger partial charge is 0.424 e. The normalized spacial score (nSPS) is 15.1. The summed E-state index contributed by atoms with van der Waals surface area (Å²) in [6, 6.07) is 7.04. The van der Waals surface area contributed by atoms with Crippen LogP contribution in [0.2, 0.25) is 0 Å². The van der Waals surface area contributed by atoms with Gasteiger partial charge >= 0.3 is 6.03 Å². The number of rotatable bonds is 7. The van der Waals surface area contributed by atoms with E-state index in [2.05, 4.69) is 10.3 Å². The highest BCUT2D eigenvalue weighted by molar-refractivity contribution is 5.98. The van der Waals surface area contributed by atoms with E-state index < -0.39 is 6.03 Å². The number of nitrogens with zero attached hydrogens (tertiary/aromatic N) is 2. The molecule has 0 spiro atoms. The van der Waals surface area contributed by atoms with Crippen LogP contribution in [0, 0.1) is 12.3 Å². The second-order valence-electron chi connectivity index (χ2n) is 6.69. The van der Waals surface area contributed by atoms with Gasteiger partial charge in [0, 0.05) is 13.1 Å². The molecule has 0 bridgehead atoms. The van der Waals surface area contributed by atoms with Crippen LogP contribution >= 0.6 is 0 Å². The van der Waals surface area contributed by atoms with Crippen molar-refractivity contribution in [2.75, 3.05) is 18.4 Å². The maximum Gasteiger partial charge on any atom is 0.321 e. The van der Waals surface area contributed by atoms with E-state index in [-0.39, 0.29) is 12.5 Å². The summed E-state index contributed by atoms with van der Waals surface area (Å²) in [6.45, 7) is 0.479.